The summed E-state index contributed by atoms with van der Waals surface area (Å²) in [6.45, 7) is 1.96. The Morgan fingerprint density at radius 3 is 2.61 bits per heavy atom. The van der Waals surface area contributed by atoms with Crippen molar-refractivity contribution in [3.05, 3.63) is 56.5 Å². The molecule has 2 aromatic rings. The molecule has 0 spiro atoms. The maximum Gasteiger partial charge on any atom is 0.257 e. The van der Waals surface area contributed by atoms with Crippen LogP contribution >= 0.6 is 0 Å². The molecule has 3 rings (SSSR count). The number of nitrogens with zero attached hydrogens (tertiary/aromatic N) is 1. The number of ether oxygens (including phenoxy) is 1. The number of anilines is 3. The minimum absolute atomic E-state index is 0.0687. The van der Waals surface area contributed by atoms with Gasteiger partial charge in [-0.1, -0.05) is 13.0 Å². The summed E-state index contributed by atoms with van der Waals surface area (Å²) in [5, 5.41) is 16.3. The molecule has 1 aliphatic heterocycles. The van der Waals surface area contributed by atoms with Gasteiger partial charge in [0.1, 0.15) is 17.5 Å². The minimum atomic E-state index is -0.674. The van der Waals surface area contributed by atoms with Crippen molar-refractivity contribution in [2.45, 2.75) is 31.9 Å². The van der Waals surface area contributed by atoms with Crippen LogP contribution in [-0.2, 0) is 4.74 Å². The largest absolute Gasteiger partial charge is 0.505 e. The van der Waals surface area contributed by atoms with Crippen LogP contribution in [0.5, 0.6) is 5.75 Å². The molecule has 0 fully saturated rings. The number of amides is 1. The van der Waals surface area contributed by atoms with Gasteiger partial charge in [0.2, 0.25) is 0 Å². The number of phenols is 1. The molecule has 2 atom stereocenters. The highest BCUT2D eigenvalue weighted by atomic mass is 16.5. The van der Waals surface area contributed by atoms with Gasteiger partial charge >= 0.3 is 0 Å². The number of benzene rings is 1. The molecular formula is C20H23N3O5. The average molecular weight is 385 g/mol. The van der Waals surface area contributed by atoms with E-state index >= 15 is 0 Å². The molecule has 1 unspecified atom stereocenters. The second kappa shape index (κ2) is 7.75. The zero-order chi connectivity index (χ0) is 20.4. The lowest BCUT2D eigenvalue weighted by Gasteiger charge is -2.26. The third-order valence-corrected chi connectivity index (χ3v) is 4.78. The second-order valence-corrected chi connectivity index (χ2v) is 6.88. The highest BCUT2D eigenvalue weighted by Gasteiger charge is 2.29. The van der Waals surface area contributed by atoms with Gasteiger partial charge in [-0.3, -0.25) is 14.4 Å². The number of phenolic OH excluding ortho intramolecular Hbond substituents is 1. The van der Waals surface area contributed by atoms with E-state index in [2.05, 4.69) is 10.6 Å². The fourth-order valence-electron chi connectivity index (χ4n) is 3.15. The topological polar surface area (TPSA) is 108 Å². The van der Waals surface area contributed by atoms with Crippen LogP contribution in [0.25, 0.3) is 0 Å². The lowest BCUT2D eigenvalue weighted by Crippen LogP contribution is -2.42. The molecule has 0 saturated heterocycles. The Morgan fingerprint density at radius 2 is 2.00 bits per heavy atom. The standard InChI is InChI=1S/C20H23N3O5/c1-4-12(14-9-6-10-28-14)21-15-16(19(26)18(15)25)22-13-8-5-7-11(17(13)24)20(27)23(2)3/h5-8,10,12,14,21-22,24H,4,9H2,1-3H3/t12-,14?/m1/s1. The van der Waals surface area contributed by atoms with Gasteiger partial charge in [0.05, 0.1) is 23.6 Å². The SMILES string of the molecule is CC[C@@H](Nc1c(Nc2cccc(C(=O)N(C)C)c2O)c(=O)c1=O)C1CC=CO1. The number of hydrogen-bond acceptors (Lipinski definition) is 7. The lowest BCUT2D eigenvalue weighted by molar-refractivity contribution is 0.0824. The minimum Gasteiger partial charge on any atom is -0.505 e. The van der Waals surface area contributed by atoms with E-state index in [1.54, 1.807) is 26.4 Å². The molecule has 1 heterocycles. The number of carbonyl (C=O) groups is 1. The molecule has 148 valence electrons. The van der Waals surface area contributed by atoms with E-state index in [0.29, 0.717) is 6.42 Å². The Bertz CT molecular complexity index is 980. The normalized spacial score (nSPS) is 16.6. The van der Waals surface area contributed by atoms with Crippen LogP contribution in [0.4, 0.5) is 17.1 Å². The summed E-state index contributed by atoms with van der Waals surface area (Å²) < 4.78 is 5.51. The van der Waals surface area contributed by atoms with Crippen LogP contribution in [0.2, 0.25) is 0 Å². The predicted octanol–water partition coefficient (Wildman–Crippen LogP) is 1.93. The van der Waals surface area contributed by atoms with Gasteiger partial charge in [-0.2, -0.15) is 0 Å². The highest BCUT2D eigenvalue weighted by molar-refractivity contribution is 5.99. The molecule has 1 aliphatic rings. The van der Waals surface area contributed by atoms with E-state index in [4.69, 9.17) is 4.74 Å². The van der Waals surface area contributed by atoms with Crippen molar-refractivity contribution in [3.63, 3.8) is 0 Å². The first-order valence-electron chi connectivity index (χ1n) is 9.06. The number of aromatic hydroxyl groups is 1. The quantitative estimate of drug-likeness (QED) is 0.494. The Kier molecular flexibility index (Phi) is 5.39. The molecular weight excluding hydrogens is 362 g/mol. The molecule has 0 aliphatic carbocycles. The molecule has 1 amide bonds. The summed E-state index contributed by atoms with van der Waals surface area (Å²) >= 11 is 0. The van der Waals surface area contributed by atoms with E-state index in [1.807, 2.05) is 13.0 Å². The zero-order valence-electron chi connectivity index (χ0n) is 16.0. The van der Waals surface area contributed by atoms with Crippen LogP contribution < -0.4 is 21.5 Å². The van der Waals surface area contributed by atoms with E-state index in [-0.39, 0.29) is 46.4 Å². The monoisotopic (exact) mass is 385 g/mol. The summed E-state index contributed by atoms with van der Waals surface area (Å²) in [6.07, 6.45) is 4.84. The van der Waals surface area contributed by atoms with E-state index in [9.17, 15) is 19.5 Å². The second-order valence-electron chi connectivity index (χ2n) is 6.88. The van der Waals surface area contributed by atoms with Gasteiger partial charge in [-0.05, 0) is 24.6 Å². The fourth-order valence-corrected chi connectivity index (χ4v) is 3.15. The van der Waals surface area contributed by atoms with Gasteiger partial charge in [0.15, 0.2) is 5.75 Å². The lowest BCUT2D eigenvalue weighted by atomic mass is 10.0. The van der Waals surface area contributed by atoms with Crippen molar-refractivity contribution in [3.8, 4) is 5.75 Å². The van der Waals surface area contributed by atoms with Crippen molar-refractivity contribution >= 4 is 23.0 Å². The third kappa shape index (κ3) is 3.45. The van der Waals surface area contributed by atoms with E-state index < -0.39 is 10.9 Å². The van der Waals surface area contributed by atoms with Crippen molar-refractivity contribution < 1.29 is 14.6 Å². The number of para-hydroxylation sites is 1. The molecule has 0 bridgehead atoms. The molecule has 28 heavy (non-hydrogen) atoms. The van der Waals surface area contributed by atoms with Crippen molar-refractivity contribution in [2.24, 2.45) is 0 Å². The number of carbonyl (C=O) groups excluding carboxylic acids is 1. The van der Waals surface area contributed by atoms with Crippen LogP contribution in [0, 0.1) is 0 Å². The van der Waals surface area contributed by atoms with Gasteiger partial charge in [-0.25, -0.2) is 0 Å². The summed E-state index contributed by atoms with van der Waals surface area (Å²) in [7, 11) is 3.15. The van der Waals surface area contributed by atoms with Gasteiger partial charge in [0.25, 0.3) is 16.8 Å². The first kappa shape index (κ1) is 19.5. The molecule has 0 aromatic heterocycles. The summed E-state index contributed by atoms with van der Waals surface area (Å²) in [6, 6.07) is 4.46. The zero-order valence-corrected chi connectivity index (χ0v) is 16.0. The summed E-state index contributed by atoms with van der Waals surface area (Å²) in [4.78, 5) is 37.7. The Balaban J connectivity index is 1.86. The van der Waals surface area contributed by atoms with Crippen molar-refractivity contribution in [1.29, 1.82) is 0 Å². The molecule has 3 N–H and O–H groups in total. The predicted molar refractivity (Wildman–Crippen MR) is 107 cm³/mol. The van der Waals surface area contributed by atoms with Crippen molar-refractivity contribution in [1.82, 2.24) is 4.90 Å². The first-order valence-corrected chi connectivity index (χ1v) is 9.06. The Hall–Kier alpha value is -3.29. The summed E-state index contributed by atoms with van der Waals surface area (Å²) in [5.41, 5.74) is -0.788. The maximum atomic E-state index is 12.2. The molecule has 0 radical (unpaired) electrons. The Labute approximate surface area is 162 Å². The van der Waals surface area contributed by atoms with Gasteiger partial charge in [-0.15, -0.1) is 0 Å². The number of nitrogens with one attached hydrogen (secondary N) is 2. The maximum absolute atomic E-state index is 12.2. The highest BCUT2D eigenvalue weighted by Crippen LogP contribution is 2.32. The van der Waals surface area contributed by atoms with Crippen LogP contribution in [0.1, 0.15) is 30.1 Å². The Morgan fingerprint density at radius 1 is 1.29 bits per heavy atom. The van der Waals surface area contributed by atoms with Crippen LogP contribution in [-0.4, -0.2) is 42.2 Å². The van der Waals surface area contributed by atoms with Gasteiger partial charge in [0, 0.05) is 20.5 Å². The first-order chi connectivity index (χ1) is 13.3. The van der Waals surface area contributed by atoms with Gasteiger partial charge < -0.3 is 25.4 Å². The van der Waals surface area contributed by atoms with Crippen molar-refractivity contribution in [2.75, 3.05) is 24.7 Å². The smallest absolute Gasteiger partial charge is 0.257 e. The third-order valence-electron chi connectivity index (χ3n) is 4.78. The average Bonchev–Trinajstić information content (AvgIpc) is 3.22. The van der Waals surface area contributed by atoms with E-state index in [1.165, 1.54) is 17.0 Å². The molecule has 2 aromatic carbocycles. The number of hydrogen-bond donors (Lipinski definition) is 3. The number of rotatable bonds is 7. The van der Waals surface area contributed by atoms with E-state index in [0.717, 1.165) is 6.42 Å². The molecule has 0 saturated carbocycles. The van der Waals surface area contributed by atoms with Crippen LogP contribution in [0.15, 0.2) is 40.1 Å². The van der Waals surface area contributed by atoms with Crippen LogP contribution in [0.3, 0.4) is 0 Å². The fraction of sp³-hybridized carbons (Fsp3) is 0.350. The molecule has 8 heteroatoms. The summed E-state index contributed by atoms with van der Waals surface area (Å²) in [5.74, 6) is -0.656. The molecule has 8 nitrogen and oxygen atoms in total.